The third-order valence-electron chi connectivity index (χ3n) is 4.41. The summed E-state index contributed by atoms with van der Waals surface area (Å²) in [7, 11) is 3.93. The molecule has 0 radical (unpaired) electrons. The lowest BCUT2D eigenvalue weighted by molar-refractivity contribution is -0.121. The van der Waals surface area contributed by atoms with E-state index < -0.39 is 0 Å². The minimum atomic E-state index is 0.0784. The number of benzene rings is 1. The predicted molar refractivity (Wildman–Crippen MR) is 99.9 cm³/mol. The van der Waals surface area contributed by atoms with Crippen LogP contribution in [0.25, 0.3) is 0 Å². The summed E-state index contributed by atoms with van der Waals surface area (Å²) in [5.74, 6) is 1.88. The normalized spacial score (nSPS) is 17.2. The van der Waals surface area contributed by atoms with Crippen molar-refractivity contribution in [2.75, 3.05) is 37.0 Å². The molecule has 1 atom stereocenters. The molecule has 1 aliphatic heterocycles. The zero-order chi connectivity index (χ0) is 17.6. The van der Waals surface area contributed by atoms with Gasteiger partial charge in [-0.2, -0.15) is 0 Å². The molecule has 1 saturated heterocycles. The third-order valence-corrected chi connectivity index (χ3v) is 4.41. The van der Waals surface area contributed by atoms with Gasteiger partial charge in [0.1, 0.15) is 18.0 Å². The Bertz CT molecular complexity index is 704. The van der Waals surface area contributed by atoms with Crippen LogP contribution in [0.4, 0.5) is 11.6 Å². The highest BCUT2D eigenvalue weighted by molar-refractivity contribution is 5.79. The Balaban J connectivity index is 1.59. The number of rotatable bonds is 5. The number of carbonyl (C=O) groups excluding carboxylic acids is 1. The molecule has 1 aromatic heterocycles. The fraction of sp³-hybridized carbons (Fsp3) is 0.421. The van der Waals surface area contributed by atoms with Crippen molar-refractivity contribution in [2.24, 2.45) is 0 Å². The zero-order valence-corrected chi connectivity index (χ0v) is 14.9. The molecule has 6 heteroatoms. The maximum atomic E-state index is 12.3. The van der Waals surface area contributed by atoms with Crippen LogP contribution >= 0.6 is 0 Å². The Hall–Kier alpha value is -2.63. The summed E-state index contributed by atoms with van der Waals surface area (Å²) in [4.78, 5) is 25.2. The van der Waals surface area contributed by atoms with Gasteiger partial charge in [0.25, 0.3) is 0 Å². The van der Waals surface area contributed by atoms with Crippen molar-refractivity contribution in [3.05, 3.63) is 48.3 Å². The van der Waals surface area contributed by atoms with Gasteiger partial charge >= 0.3 is 0 Å². The van der Waals surface area contributed by atoms with Gasteiger partial charge in [-0.15, -0.1) is 0 Å². The summed E-state index contributed by atoms with van der Waals surface area (Å²) < 4.78 is 0. The van der Waals surface area contributed by atoms with Crippen molar-refractivity contribution >= 4 is 17.5 Å². The second-order valence-corrected chi connectivity index (χ2v) is 6.64. The predicted octanol–water partition coefficient (Wildman–Crippen LogP) is 1.87. The number of nitrogens with one attached hydrogen (secondary N) is 1. The van der Waals surface area contributed by atoms with E-state index in [1.165, 1.54) is 0 Å². The Kier molecular flexibility index (Phi) is 5.48. The molecule has 0 aliphatic carbocycles. The van der Waals surface area contributed by atoms with Crippen LogP contribution in [-0.2, 0) is 11.2 Å². The second-order valence-electron chi connectivity index (χ2n) is 6.64. The first-order valence-electron chi connectivity index (χ1n) is 8.69. The van der Waals surface area contributed by atoms with Crippen LogP contribution < -0.4 is 15.1 Å². The van der Waals surface area contributed by atoms with Crippen LogP contribution in [0.2, 0.25) is 0 Å². The molecule has 0 spiro atoms. The summed E-state index contributed by atoms with van der Waals surface area (Å²) >= 11 is 0. The zero-order valence-electron chi connectivity index (χ0n) is 14.9. The van der Waals surface area contributed by atoms with Gasteiger partial charge < -0.3 is 15.1 Å². The van der Waals surface area contributed by atoms with Gasteiger partial charge in [0.05, 0.1) is 6.42 Å². The molecular formula is C19H25N5O. The van der Waals surface area contributed by atoms with Crippen LogP contribution in [0, 0.1) is 0 Å². The Labute approximate surface area is 148 Å². The minimum Gasteiger partial charge on any atom is -0.363 e. The number of anilines is 2. The lowest BCUT2D eigenvalue weighted by atomic mass is 10.0. The fourth-order valence-corrected chi connectivity index (χ4v) is 3.12. The number of carbonyl (C=O) groups is 1. The highest BCUT2D eigenvalue weighted by Crippen LogP contribution is 2.20. The molecule has 1 aromatic carbocycles. The van der Waals surface area contributed by atoms with Gasteiger partial charge in [0.15, 0.2) is 0 Å². The second kappa shape index (κ2) is 7.96. The standard InChI is InChI=1S/C19H25N5O/c1-23(2)17-12-18(21-14-20-17)24-10-6-9-16(13-24)22-19(25)11-15-7-4-3-5-8-15/h3-5,7-8,12,14,16H,6,9-11,13H2,1-2H3,(H,22,25)/t16-/m1/s1. The summed E-state index contributed by atoms with van der Waals surface area (Å²) in [5, 5.41) is 3.17. The highest BCUT2D eigenvalue weighted by atomic mass is 16.1. The van der Waals surface area contributed by atoms with Crippen LogP contribution in [0.5, 0.6) is 0 Å². The van der Waals surface area contributed by atoms with E-state index in [-0.39, 0.29) is 11.9 Å². The third kappa shape index (κ3) is 4.68. The van der Waals surface area contributed by atoms with Gasteiger partial charge in [-0.25, -0.2) is 9.97 Å². The van der Waals surface area contributed by atoms with Crippen molar-refractivity contribution in [3.63, 3.8) is 0 Å². The van der Waals surface area contributed by atoms with Crippen molar-refractivity contribution in [2.45, 2.75) is 25.3 Å². The molecule has 1 fully saturated rings. The smallest absolute Gasteiger partial charge is 0.224 e. The monoisotopic (exact) mass is 339 g/mol. The van der Waals surface area contributed by atoms with Gasteiger partial charge in [-0.1, -0.05) is 30.3 Å². The van der Waals surface area contributed by atoms with Crippen LogP contribution in [0.15, 0.2) is 42.7 Å². The highest BCUT2D eigenvalue weighted by Gasteiger charge is 2.22. The number of nitrogens with zero attached hydrogens (tertiary/aromatic N) is 4. The quantitative estimate of drug-likeness (QED) is 0.901. The Morgan fingerprint density at radius 1 is 1.28 bits per heavy atom. The summed E-state index contributed by atoms with van der Waals surface area (Å²) in [6, 6.07) is 12.0. The SMILES string of the molecule is CN(C)c1cc(N2CCC[C@@H](NC(=O)Cc3ccccc3)C2)ncn1. The van der Waals surface area contributed by atoms with Crippen molar-refractivity contribution in [1.82, 2.24) is 15.3 Å². The average Bonchev–Trinajstić information content (AvgIpc) is 2.63. The van der Waals surface area contributed by atoms with E-state index in [2.05, 4.69) is 20.2 Å². The van der Waals surface area contributed by atoms with E-state index in [0.717, 1.165) is 43.1 Å². The molecule has 132 valence electrons. The largest absolute Gasteiger partial charge is 0.363 e. The molecule has 1 N–H and O–H groups in total. The van der Waals surface area contributed by atoms with E-state index in [9.17, 15) is 4.79 Å². The van der Waals surface area contributed by atoms with Crippen molar-refractivity contribution in [1.29, 1.82) is 0 Å². The maximum Gasteiger partial charge on any atom is 0.224 e. The maximum absolute atomic E-state index is 12.3. The van der Waals surface area contributed by atoms with Crippen LogP contribution in [-0.4, -0.2) is 49.1 Å². The lowest BCUT2D eigenvalue weighted by Gasteiger charge is -2.34. The number of hydrogen-bond acceptors (Lipinski definition) is 5. The number of hydrogen-bond donors (Lipinski definition) is 1. The van der Waals surface area contributed by atoms with Gasteiger partial charge in [0.2, 0.25) is 5.91 Å². The fourth-order valence-electron chi connectivity index (χ4n) is 3.12. The van der Waals surface area contributed by atoms with Crippen LogP contribution in [0.1, 0.15) is 18.4 Å². The first kappa shape index (κ1) is 17.2. The Morgan fingerprint density at radius 2 is 2.08 bits per heavy atom. The molecule has 0 saturated carbocycles. The molecule has 0 bridgehead atoms. The van der Waals surface area contributed by atoms with Gasteiger partial charge in [-0.05, 0) is 18.4 Å². The molecule has 2 aromatic rings. The molecule has 1 amide bonds. The molecule has 1 aliphatic rings. The van der Waals surface area contributed by atoms with E-state index in [4.69, 9.17) is 0 Å². The van der Waals surface area contributed by atoms with E-state index in [1.54, 1.807) is 6.33 Å². The summed E-state index contributed by atoms with van der Waals surface area (Å²) in [6.45, 7) is 1.74. The summed E-state index contributed by atoms with van der Waals surface area (Å²) in [5.41, 5.74) is 1.04. The first-order valence-corrected chi connectivity index (χ1v) is 8.69. The molecule has 2 heterocycles. The average molecular weight is 339 g/mol. The van der Waals surface area contributed by atoms with Gasteiger partial charge in [0, 0.05) is 39.3 Å². The topological polar surface area (TPSA) is 61.4 Å². The molecule has 25 heavy (non-hydrogen) atoms. The summed E-state index contributed by atoms with van der Waals surface area (Å²) in [6.07, 6.45) is 4.07. The van der Waals surface area contributed by atoms with Crippen molar-refractivity contribution < 1.29 is 4.79 Å². The van der Waals surface area contributed by atoms with E-state index in [1.807, 2.05) is 55.4 Å². The molecule has 6 nitrogen and oxygen atoms in total. The van der Waals surface area contributed by atoms with Gasteiger partial charge in [-0.3, -0.25) is 4.79 Å². The van der Waals surface area contributed by atoms with E-state index >= 15 is 0 Å². The first-order chi connectivity index (χ1) is 12.1. The minimum absolute atomic E-state index is 0.0784. The molecule has 0 unspecified atom stereocenters. The molecular weight excluding hydrogens is 314 g/mol. The number of amides is 1. The number of aromatic nitrogens is 2. The van der Waals surface area contributed by atoms with Crippen molar-refractivity contribution in [3.8, 4) is 0 Å². The van der Waals surface area contributed by atoms with E-state index in [0.29, 0.717) is 6.42 Å². The molecule has 3 rings (SSSR count). The van der Waals surface area contributed by atoms with Crippen LogP contribution in [0.3, 0.4) is 0 Å². The Morgan fingerprint density at radius 3 is 2.84 bits per heavy atom. The lowest BCUT2D eigenvalue weighted by Crippen LogP contribution is -2.48. The number of piperidine rings is 1.